The van der Waals surface area contributed by atoms with Crippen molar-refractivity contribution >= 4 is 27.3 Å². The van der Waals surface area contributed by atoms with E-state index in [4.69, 9.17) is 4.74 Å². The molecule has 3 aromatic rings. The van der Waals surface area contributed by atoms with Crippen LogP contribution in [-0.2, 0) is 6.54 Å². The van der Waals surface area contributed by atoms with Gasteiger partial charge in [-0.05, 0) is 36.2 Å². The largest absolute Gasteiger partial charge is 0.494 e. The topological polar surface area (TPSA) is 38.3 Å². The van der Waals surface area contributed by atoms with Crippen LogP contribution in [0.2, 0.25) is 0 Å². The van der Waals surface area contributed by atoms with Crippen LogP contribution < -0.4 is 10.1 Å². The minimum Gasteiger partial charge on any atom is -0.494 e. The molecule has 0 aliphatic heterocycles. The van der Waals surface area contributed by atoms with Crippen molar-refractivity contribution in [3.63, 3.8) is 0 Å². The van der Waals surface area contributed by atoms with Gasteiger partial charge in [0, 0.05) is 16.6 Å². The summed E-state index contributed by atoms with van der Waals surface area (Å²) in [5.74, 6) is -0.140. The summed E-state index contributed by atoms with van der Waals surface area (Å²) in [4.78, 5) is 12.9. The normalized spacial score (nSPS) is 10.7. The van der Waals surface area contributed by atoms with Crippen LogP contribution in [0.5, 0.6) is 5.75 Å². The fraction of sp³-hybridized carbons (Fsp3) is 0.167. The number of carbonyl (C=O) groups is 1. The highest BCUT2D eigenvalue weighted by molar-refractivity contribution is 7.21. The summed E-state index contributed by atoms with van der Waals surface area (Å²) < 4.78 is 19.6. The fourth-order valence-electron chi connectivity index (χ4n) is 2.46. The highest BCUT2D eigenvalue weighted by Gasteiger charge is 2.19. The zero-order valence-electron chi connectivity index (χ0n) is 12.9. The molecule has 23 heavy (non-hydrogen) atoms. The van der Waals surface area contributed by atoms with Gasteiger partial charge in [0.1, 0.15) is 16.4 Å². The SMILES string of the molecule is COc1c(C(=O)NCc2ccccc2C)sc2ccc(F)cc12. The molecule has 0 aliphatic carbocycles. The van der Waals surface area contributed by atoms with Gasteiger partial charge in [0.05, 0.1) is 7.11 Å². The molecule has 1 amide bonds. The van der Waals surface area contributed by atoms with Crippen molar-refractivity contribution in [2.24, 2.45) is 0 Å². The average molecular weight is 329 g/mol. The van der Waals surface area contributed by atoms with Crippen LogP contribution in [0, 0.1) is 12.7 Å². The van der Waals surface area contributed by atoms with Crippen LogP contribution in [0.3, 0.4) is 0 Å². The van der Waals surface area contributed by atoms with E-state index in [2.05, 4.69) is 5.32 Å². The second-order valence-corrected chi connectivity index (χ2v) is 6.27. The van der Waals surface area contributed by atoms with E-state index in [0.717, 1.165) is 15.8 Å². The van der Waals surface area contributed by atoms with Crippen LogP contribution in [0.4, 0.5) is 4.39 Å². The number of benzene rings is 2. The molecule has 0 saturated heterocycles. The van der Waals surface area contributed by atoms with Gasteiger partial charge >= 0.3 is 0 Å². The lowest BCUT2D eigenvalue weighted by molar-refractivity contribution is 0.0952. The maximum absolute atomic E-state index is 13.4. The first-order valence-electron chi connectivity index (χ1n) is 7.19. The Morgan fingerprint density at radius 1 is 1.26 bits per heavy atom. The first-order chi connectivity index (χ1) is 11.1. The molecule has 118 valence electrons. The number of fused-ring (bicyclic) bond motifs is 1. The van der Waals surface area contributed by atoms with Crippen molar-refractivity contribution in [2.45, 2.75) is 13.5 Å². The standard InChI is InChI=1S/C18H16FNO2S/c1-11-5-3-4-6-12(11)10-20-18(21)17-16(22-2)14-9-13(19)7-8-15(14)23-17/h3-9H,10H2,1-2H3,(H,20,21). The molecule has 0 aliphatic rings. The summed E-state index contributed by atoms with van der Waals surface area (Å²) in [6.07, 6.45) is 0. The number of aryl methyl sites for hydroxylation is 1. The molecule has 1 N–H and O–H groups in total. The quantitative estimate of drug-likeness (QED) is 0.775. The molecule has 3 rings (SSSR count). The van der Waals surface area contributed by atoms with E-state index in [1.54, 1.807) is 6.07 Å². The third kappa shape index (κ3) is 3.05. The van der Waals surface area contributed by atoms with Gasteiger partial charge in [-0.15, -0.1) is 11.3 Å². The molecule has 5 heteroatoms. The molecule has 2 aromatic carbocycles. The Balaban J connectivity index is 1.87. The number of methoxy groups -OCH3 is 1. The number of amides is 1. The fourth-order valence-corrected chi connectivity index (χ4v) is 3.53. The van der Waals surface area contributed by atoms with Gasteiger partial charge in [0.2, 0.25) is 0 Å². The van der Waals surface area contributed by atoms with E-state index in [9.17, 15) is 9.18 Å². The van der Waals surface area contributed by atoms with Crippen molar-refractivity contribution in [3.8, 4) is 5.75 Å². The maximum Gasteiger partial charge on any atom is 0.265 e. The predicted octanol–water partition coefficient (Wildman–Crippen LogP) is 4.29. The lowest BCUT2D eigenvalue weighted by Crippen LogP contribution is -2.22. The van der Waals surface area contributed by atoms with Gasteiger partial charge < -0.3 is 10.1 Å². The number of hydrogen-bond donors (Lipinski definition) is 1. The molecule has 0 fully saturated rings. The third-order valence-corrected chi connectivity index (χ3v) is 4.87. The first-order valence-corrected chi connectivity index (χ1v) is 8.00. The zero-order valence-corrected chi connectivity index (χ0v) is 13.7. The Morgan fingerprint density at radius 2 is 2.04 bits per heavy atom. The van der Waals surface area contributed by atoms with E-state index >= 15 is 0 Å². The number of hydrogen-bond acceptors (Lipinski definition) is 3. The van der Waals surface area contributed by atoms with Crippen molar-refractivity contribution in [1.29, 1.82) is 0 Å². The van der Waals surface area contributed by atoms with Crippen LogP contribution in [-0.4, -0.2) is 13.0 Å². The summed E-state index contributed by atoms with van der Waals surface area (Å²) in [6, 6.07) is 12.3. The summed E-state index contributed by atoms with van der Waals surface area (Å²) in [5, 5.41) is 3.53. The minimum absolute atomic E-state index is 0.216. The summed E-state index contributed by atoms with van der Waals surface area (Å²) in [5.41, 5.74) is 2.19. The second-order valence-electron chi connectivity index (χ2n) is 5.21. The van der Waals surface area contributed by atoms with E-state index in [-0.39, 0.29) is 11.7 Å². The molecular formula is C18H16FNO2S. The number of halogens is 1. The third-order valence-electron chi connectivity index (χ3n) is 3.72. The van der Waals surface area contributed by atoms with E-state index in [1.165, 1.54) is 30.6 Å². The van der Waals surface area contributed by atoms with Gasteiger partial charge in [0.15, 0.2) is 0 Å². The minimum atomic E-state index is -0.347. The van der Waals surface area contributed by atoms with E-state index < -0.39 is 0 Å². The Bertz CT molecular complexity index is 873. The molecule has 0 unspecified atom stereocenters. The predicted molar refractivity (Wildman–Crippen MR) is 90.7 cm³/mol. The van der Waals surface area contributed by atoms with Gasteiger partial charge in [0.25, 0.3) is 5.91 Å². The van der Waals surface area contributed by atoms with Crippen molar-refractivity contribution < 1.29 is 13.9 Å². The van der Waals surface area contributed by atoms with E-state index in [0.29, 0.717) is 22.6 Å². The lowest BCUT2D eigenvalue weighted by Gasteiger charge is -2.08. The zero-order chi connectivity index (χ0) is 16.4. The Kier molecular flexibility index (Phi) is 4.30. The Morgan fingerprint density at radius 3 is 2.78 bits per heavy atom. The summed E-state index contributed by atoms with van der Waals surface area (Å²) in [7, 11) is 1.49. The van der Waals surface area contributed by atoms with Gasteiger partial charge in [-0.3, -0.25) is 4.79 Å². The van der Waals surface area contributed by atoms with Crippen LogP contribution in [0.1, 0.15) is 20.8 Å². The molecule has 0 saturated carbocycles. The summed E-state index contributed by atoms with van der Waals surface area (Å²) in [6.45, 7) is 2.45. The number of nitrogens with one attached hydrogen (secondary N) is 1. The van der Waals surface area contributed by atoms with Crippen molar-refractivity contribution in [3.05, 3.63) is 64.3 Å². The number of rotatable bonds is 4. The maximum atomic E-state index is 13.4. The molecule has 0 spiro atoms. The van der Waals surface area contributed by atoms with Crippen LogP contribution in [0.15, 0.2) is 42.5 Å². The molecule has 0 bridgehead atoms. The average Bonchev–Trinajstić information content (AvgIpc) is 2.91. The Hall–Kier alpha value is -2.40. The van der Waals surface area contributed by atoms with Gasteiger partial charge in [-0.25, -0.2) is 4.39 Å². The van der Waals surface area contributed by atoms with Gasteiger partial charge in [-0.1, -0.05) is 24.3 Å². The number of ether oxygens (including phenoxy) is 1. The molecule has 0 atom stereocenters. The molecule has 0 radical (unpaired) electrons. The van der Waals surface area contributed by atoms with Crippen molar-refractivity contribution in [1.82, 2.24) is 5.32 Å². The number of thiophene rings is 1. The lowest BCUT2D eigenvalue weighted by atomic mass is 10.1. The van der Waals surface area contributed by atoms with Gasteiger partial charge in [-0.2, -0.15) is 0 Å². The summed E-state index contributed by atoms with van der Waals surface area (Å²) >= 11 is 1.30. The van der Waals surface area contributed by atoms with Crippen LogP contribution in [0.25, 0.3) is 10.1 Å². The highest BCUT2D eigenvalue weighted by Crippen LogP contribution is 2.37. The highest BCUT2D eigenvalue weighted by atomic mass is 32.1. The second kappa shape index (κ2) is 6.38. The molecule has 1 heterocycles. The van der Waals surface area contributed by atoms with Crippen molar-refractivity contribution in [2.75, 3.05) is 7.11 Å². The molecule has 1 aromatic heterocycles. The molecule has 3 nitrogen and oxygen atoms in total. The van der Waals surface area contributed by atoms with Crippen LogP contribution >= 0.6 is 11.3 Å². The van der Waals surface area contributed by atoms with E-state index in [1.807, 2.05) is 31.2 Å². The first kappa shape index (κ1) is 15.5. The molecular weight excluding hydrogens is 313 g/mol. The smallest absolute Gasteiger partial charge is 0.265 e. The number of carbonyl (C=O) groups excluding carboxylic acids is 1. The monoisotopic (exact) mass is 329 g/mol. The Labute approximate surface area is 137 Å².